The van der Waals surface area contributed by atoms with E-state index in [9.17, 15) is 0 Å². The van der Waals surface area contributed by atoms with E-state index in [0.29, 0.717) is 11.5 Å². The van der Waals surface area contributed by atoms with Gasteiger partial charge >= 0.3 is 0 Å². The summed E-state index contributed by atoms with van der Waals surface area (Å²) in [5.74, 6) is 0. The van der Waals surface area contributed by atoms with Crippen LogP contribution in [0.4, 0.5) is 0 Å². The predicted octanol–water partition coefficient (Wildman–Crippen LogP) is 3.46. The van der Waals surface area contributed by atoms with Crippen molar-refractivity contribution in [3.63, 3.8) is 0 Å². The first-order valence-electron chi connectivity index (χ1n) is 5.96. The van der Waals surface area contributed by atoms with Gasteiger partial charge in [-0.2, -0.15) is 0 Å². The lowest BCUT2D eigenvalue weighted by molar-refractivity contribution is 0.128. The highest BCUT2D eigenvalue weighted by molar-refractivity contribution is 7.09. The molecule has 1 aliphatic carbocycles. The molecule has 2 heteroatoms. The van der Waals surface area contributed by atoms with Gasteiger partial charge in [0.1, 0.15) is 0 Å². The van der Waals surface area contributed by atoms with Gasteiger partial charge in [-0.15, -0.1) is 11.3 Å². The van der Waals surface area contributed by atoms with Crippen molar-refractivity contribution in [3.8, 4) is 0 Å². The number of thiophene rings is 1. The Morgan fingerprint density at radius 1 is 1.47 bits per heavy atom. The molecule has 0 spiro atoms. The van der Waals surface area contributed by atoms with Crippen LogP contribution < -0.4 is 5.32 Å². The lowest BCUT2D eigenvalue weighted by Gasteiger charge is -2.42. The molecule has 2 rings (SSSR count). The van der Waals surface area contributed by atoms with Crippen LogP contribution in [0.5, 0.6) is 0 Å². The molecule has 1 aromatic heterocycles. The molecule has 1 heterocycles. The minimum Gasteiger partial charge on any atom is -0.314 e. The maximum Gasteiger partial charge on any atom is 0.00512 e. The minimum atomic E-state index is 0.578. The van der Waals surface area contributed by atoms with E-state index in [1.54, 1.807) is 4.88 Å². The average Bonchev–Trinajstić information content (AvgIpc) is 2.61. The molecule has 0 unspecified atom stereocenters. The van der Waals surface area contributed by atoms with Crippen LogP contribution in [0, 0.1) is 5.41 Å². The number of hydrogen-bond donors (Lipinski definition) is 1. The highest BCUT2D eigenvalue weighted by atomic mass is 32.1. The first-order valence-corrected chi connectivity index (χ1v) is 6.84. The first-order chi connectivity index (χ1) is 7.20. The Kier molecular flexibility index (Phi) is 3.47. The lowest BCUT2D eigenvalue weighted by Crippen LogP contribution is -2.43. The van der Waals surface area contributed by atoms with E-state index in [-0.39, 0.29) is 0 Å². The van der Waals surface area contributed by atoms with Crippen molar-refractivity contribution < 1.29 is 0 Å². The van der Waals surface area contributed by atoms with Gasteiger partial charge in [0.15, 0.2) is 0 Å². The molecule has 84 valence electrons. The first kappa shape index (κ1) is 11.2. The minimum absolute atomic E-state index is 0.578. The van der Waals surface area contributed by atoms with Crippen LogP contribution in [0.1, 0.15) is 38.0 Å². The van der Waals surface area contributed by atoms with Gasteiger partial charge in [0, 0.05) is 17.5 Å². The van der Waals surface area contributed by atoms with Crippen LogP contribution in [0.2, 0.25) is 0 Å². The molecule has 0 aromatic carbocycles. The van der Waals surface area contributed by atoms with E-state index in [2.05, 4.69) is 36.7 Å². The molecule has 0 amide bonds. The highest BCUT2D eigenvalue weighted by Gasteiger charge is 2.36. The van der Waals surface area contributed by atoms with E-state index in [4.69, 9.17) is 0 Å². The largest absolute Gasteiger partial charge is 0.314 e. The van der Waals surface area contributed by atoms with Gasteiger partial charge in [-0.05, 0) is 36.1 Å². The zero-order chi connectivity index (χ0) is 10.7. The normalized spacial score (nSPS) is 19.1. The molecular formula is C13H21NS. The van der Waals surface area contributed by atoms with Crippen LogP contribution in [0.15, 0.2) is 17.5 Å². The van der Waals surface area contributed by atoms with Crippen molar-refractivity contribution in [2.24, 2.45) is 5.41 Å². The zero-order valence-corrected chi connectivity index (χ0v) is 10.6. The fourth-order valence-electron chi connectivity index (χ4n) is 2.30. The third kappa shape index (κ3) is 2.82. The fraction of sp³-hybridized carbons (Fsp3) is 0.692. The van der Waals surface area contributed by atoms with E-state index in [1.165, 1.54) is 32.2 Å². The Morgan fingerprint density at radius 2 is 2.27 bits per heavy atom. The second-order valence-corrected chi connectivity index (χ2v) is 6.18. The summed E-state index contributed by atoms with van der Waals surface area (Å²) in [6.45, 7) is 5.66. The Bertz CT molecular complexity index is 285. The Hall–Kier alpha value is -0.340. The Morgan fingerprint density at radius 3 is 2.73 bits per heavy atom. The summed E-state index contributed by atoms with van der Waals surface area (Å²) >= 11 is 1.91. The molecule has 0 radical (unpaired) electrons. The SMILES string of the molecule is CC(C)NCC1(Cc2cccs2)CCC1. The monoisotopic (exact) mass is 223 g/mol. The predicted molar refractivity (Wildman–Crippen MR) is 67.4 cm³/mol. The number of nitrogens with one attached hydrogen (secondary N) is 1. The van der Waals surface area contributed by atoms with Crippen LogP contribution in [0.3, 0.4) is 0 Å². The zero-order valence-electron chi connectivity index (χ0n) is 9.75. The van der Waals surface area contributed by atoms with Gasteiger partial charge in [-0.3, -0.25) is 0 Å². The van der Waals surface area contributed by atoms with Crippen LogP contribution in [-0.4, -0.2) is 12.6 Å². The van der Waals surface area contributed by atoms with Gasteiger partial charge in [0.05, 0.1) is 0 Å². The summed E-state index contributed by atoms with van der Waals surface area (Å²) in [6, 6.07) is 5.06. The summed E-state index contributed by atoms with van der Waals surface area (Å²) in [7, 11) is 0. The van der Waals surface area contributed by atoms with Crippen molar-refractivity contribution in [1.29, 1.82) is 0 Å². The maximum atomic E-state index is 3.61. The van der Waals surface area contributed by atoms with Crippen molar-refractivity contribution in [3.05, 3.63) is 22.4 Å². The molecule has 1 fully saturated rings. The summed E-state index contributed by atoms with van der Waals surface area (Å²) in [5.41, 5.74) is 0.578. The average molecular weight is 223 g/mol. The Balaban J connectivity index is 1.90. The molecule has 0 bridgehead atoms. The van der Waals surface area contributed by atoms with E-state index < -0.39 is 0 Å². The molecule has 1 saturated carbocycles. The smallest absolute Gasteiger partial charge is 0.00512 e. The van der Waals surface area contributed by atoms with Crippen molar-refractivity contribution >= 4 is 11.3 Å². The van der Waals surface area contributed by atoms with E-state index >= 15 is 0 Å². The molecule has 0 saturated heterocycles. The summed E-state index contributed by atoms with van der Waals surface area (Å²) in [4.78, 5) is 1.56. The van der Waals surface area contributed by atoms with Gasteiger partial charge < -0.3 is 5.32 Å². The molecule has 0 atom stereocenters. The fourth-order valence-corrected chi connectivity index (χ4v) is 3.17. The number of rotatable bonds is 5. The molecule has 15 heavy (non-hydrogen) atoms. The second kappa shape index (κ2) is 4.67. The maximum absolute atomic E-state index is 3.61. The standard InChI is InChI=1S/C13H21NS/c1-11(2)14-10-13(6-4-7-13)9-12-5-3-8-15-12/h3,5,8,11,14H,4,6-7,9-10H2,1-2H3. The second-order valence-electron chi connectivity index (χ2n) is 5.15. The molecular weight excluding hydrogens is 202 g/mol. The van der Waals surface area contributed by atoms with E-state index in [0.717, 1.165) is 0 Å². The van der Waals surface area contributed by atoms with Crippen molar-refractivity contribution in [2.75, 3.05) is 6.54 Å². The van der Waals surface area contributed by atoms with E-state index in [1.807, 2.05) is 11.3 Å². The highest BCUT2D eigenvalue weighted by Crippen LogP contribution is 2.43. The van der Waals surface area contributed by atoms with Crippen LogP contribution in [0.25, 0.3) is 0 Å². The molecule has 1 aromatic rings. The molecule has 1 aliphatic rings. The topological polar surface area (TPSA) is 12.0 Å². The van der Waals surface area contributed by atoms with Crippen molar-refractivity contribution in [2.45, 2.75) is 45.6 Å². The Labute approximate surface area is 96.9 Å². The lowest BCUT2D eigenvalue weighted by atomic mass is 9.66. The summed E-state index contributed by atoms with van der Waals surface area (Å²) in [5, 5.41) is 5.80. The van der Waals surface area contributed by atoms with Gasteiger partial charge in [-0.1, -0.05) is 26.3 Å². The third-order valence-electron chi connectivity index (χ3n) is 3.43. The molecule has 0 aliphatic heterocycles. The van der Waals surface area contributed by atoms with Crippen LogP contribution in [-0.2, 0) is 6.42 Å². The van der Waals surface area contributed by atoms with Gasteiger partial charge in [-0.25, -0.2) is 0 Å². The number of hydrogen-bond acceptors (Lipinski definition) is 2. The molecule has 1 nitrogen and oxygen atoms in total. The van der Waals surface area contributed by atoms with Crippen LogP contribution >= 0.6 is 11.3 Å². The third-order valence-corrected chi connectivity index (χ3v) is 4.31. The summed E-state index contributed by atoms with van der Waals surface area (Å²) in [6.07, 6.45) is 5.52. The van der Waals surface area contributed by atoms with Crippen molar-refractivity contribution in [1.82, 2.24) is 5.32 Å². The molecule has 1 N–H and O–H groups in total. The quantitative estimate of drug-likeness (QED) is 0.806. The summed E-state index contributed by atoms with van der Waals surface area (Å²) < 4.78 is 0. The van der Waals surface area contributed by atoms with Gasteiger partial charge in [0.25, 0.3) is 0 Å². The van der Waals surface area contributed by atoms with Gasteiger partial charge in [0.2, 0.25) is 0 Å².